The van der Waals surface area contributed by atoms with E-state index >= 15 is 0 Å². The van der Waals surface area contributed by atoms with Crippen molar-refractivity contribution in [3.05, 3.63) is 17.6 Å². The van der Waals surface area contributed by atoms with Crippen LogP contribution in [0, 0.1) is 6.92 Å². The van der Waals surface area contributed by atoms with E-state index in [0.29, 0.717) is 19.6 Å². The Morgan fingerprint density at radius 1 is 1.53 bits per heavy atom. The highest BCUT2D eigenvalue weighted by atomic mass is 16.5. The minimum atomic E-state index is -0.331. The number of aliphatic hydroxyl groups is 1. The quantitative estimate of drug-likeness (QED) is 0.890. The first-order chi connectivity index (χ1) is 9.10. The summed E-state index contributed by atoms with van der Waals surface area (Å²) in [5, 5.41) is 9.61. The molecule has 19 heavy (non-hydrogen) atoms. The molecule has 1 aliphatic heterocycles. The van der Waals surface area contributed by atoms with Gasteiger partial charge in [0, 0.05) is 18.3 Å². The molecule has 2 unspecified atom stereocenters. The molecule has 0 amide bonds. The van der Waals surface area contributed by atoms with Crippen LogP contribution in [0.4, 0.5) is 5.82 Å². The molecule has 0 saturated carbocycles. The summed E-state index contributed by atoms with van der Waals surface area (Å²) in [7, 11) is 0. The molecule has 5 nitrogen and oxygen atoms in total. The summed E-state index contributed by atoms with van der Waals surface area (Å²) < 4.78 is 5.53. The fourth-order valence-corrected chi connectivity index (χ4v) is 2.49. The summed E-state index contributed by atoms with van der Waals surface area (Å²) in [6.45, 7) is 8.01. The first-order valence-corrected chi connectivity index (χ1v) is 6.97. The number of ether oxygens (including phenoxy) is 1. The number of rotatable bonds is 4. The maximum Gasteiger partial charge on any atom is 0.132 e. The standard InChI is InChI=1S/C14H23N3O2/c1-4-12-8-14(16-11(3)15-12)17-5-6-19-9-13(17)7-10(2)18/h8,10,13,18H,4-7,9H2,1-3H3. The van der Waals surface area contributed by atoms with E-state index in [2.05, 4.69) is 21.8 Å². The molecule has 0 bridgehead atoms. The van der Waals surface area contributed by atoms with Crippen molar-refractivity contribution in [1.82, 2.24) is 9.97 Å². The summed E-state index contributed by atoms with van der Waals surface area (Å²) in [5.74, 6) is 1.76. The van der Waals surface area contributed by atoms with Gasteiger partial charge in [0.2, 0.25) is 0 Å². The van der Waals surface area contributed by atoms with Crippen LogP contribution in [0.15, 0.2) is 6.07 Å². The molecule has 0 spiro atoms. The van der Waals surface area contributed by atoms with Crippen molar-refractivity contribution in [2.24, 2.45) is 0 Å². The maximum absolute atomic E-state index is 9.61. The SMILES string of the molecule is CCc1cc(N2CCOCC2CC(C)O)nc(C)n1. The Kier molecular flexibility index (Phi) is 4.71. The van der Waals surface area contributed by atoms with E-state index in [1.54, 1.807) is 0 Å². The Balaban J connectivity index is 2.23. The Morgan fingerprint density at radius 3 is 3.00 bits per heavy atom. The lowest BCUT2D eigenvalue weighted by Gasteiger charge is -2.37. The van der Waals surface area contributed by atoms with Gasteiger partial charge >= 0.3 is 0 Å². The summed E-state index contributed by atoms with van der Waals surface area (Å²) >= 11 is 0. The molecule has 1 N–H and O–H groups in total. The smallest absolute Gasteiger partial charge is 0.132 e. The van der Waals surface area contributed by atoms with Gasteiger partial charge in [-0.15, -0.1) is 0 Å². The Labute approximate surface area is 114 Å². The Hall–Kier alpha value is -1.20. The zero-order chi connectivity index (χ0) is 13.8. The lowest BCUT2D eigenvalue weighted by molar-refractivity contribution is 0.0717. The zero-order valence-corrected chi connectivity index (χ0v) is 12.0. The van der Waals surface area contributed by atoms with Crippen LogP contribution < -0.4 is 4.90 Å². The molecular weight excluding hydrogens is 242 g/mol. The van der Waals surface area contributed by atoms with Crippen LogP contribution in [-0.4, -0.2) is 47.0 Å². The third kappa shape index (κ3) is 3.64. The Bertz CT molecular complexity index is 423. The van der Waals surface area contributed by atoms with E-state index < -0.39 is 0 Å². The molecule has 1 aliphatic rings. The van der Waals surface area contributed by atoms with E-state index in [1.165, 1.54) is 0 Å². The van der Waals surface area contributed by atoms with Gasteiger partial charge in [0.05, 0.1) is 25.4 Å². The zero-order valence-electron chi connectivity index (χ0n) is 12.0. The monoisotopic (exact) mass is 265 g/mol. The van der Waals surface area contributed by atoms with Crippen LogP contribution in [0.3, 0.4) is 0 Å². The molecule has 1 saturated heterocycles. The molecule has 106 valence electrons. The van der Waals surface area contributed by atoms with Crippen molar-refractivity contribution in [2.75, 3.05) is 24.7 Å². The van der Waals surface area contributed by atoms with E-state index in [0.717, 1.165) is 30.3 Å². The van der Waals surface area contributed by atoms with E-state index in [4.69, 9.17) is 4.74 Å². The van der Waals surface area contributed by atoms with E-state index in [9.17, 15) is 5.11 Å². The average molecular weight is 265 g/mol. The van der Waals surface area contributed by atoms with Crippen LogP contribution in [-0.2, 0) is 11.2 Å². The van der Waals surface area contributed by atoms with Crippen LogP contribution in [0.5, 0.6) is 0 Å². The molecular formula is C14H23N3O2. The third-order valence-corrected chi connectivity index (χ3v) is 3.37. The van der Waals surface area contributed by atoms with Crippen molar-refractivity contribution in [1.29, 1.82) is 0 Å². The molecule has 5 heteroatoms. The van der Waals surface area contributed by atoms with E-state index in [1.807, 2.05) is 19.9 Å². The second-order valence-electron chi connectivity index (χ2n) is 5.13. The number of anilines is 1. The van der Waals surface area contributed by atoms with Gasteiger partial charge in [-0.2, -0.15) is 0 Å². The van der Waals surface area contributed by atoms with Gasteiger partial charge in [0.15, 0.2) is 0 Å². The number of aliphatic hydroxyl groups excluding tert-OH is 1. The highest BCUT2D eigenvalue weighted by molar-refractivity contribution is 5.41. The topological polar surface area (TPSA) is 58.5 Å². The number of aryl methyl sites for hydroxylation is 2. The Morgan fingerprint density at radius 2 is 2.32 bits per heavy atom. The van der Waals surface area contributed by atoms with Crippen molar-refractivity contribution in [3.8, 4) is 0 Å². The van der Waals surface area contributed by atoms with Crippen LogP contribution in [0.1, 0.15) is 31.8 Å². The van der Waals surface area contributed by atoms with Gasteiger partial charge < -0.3 is 14.7 Å². The maximum atomic E-state index is 9.61. The number of aromatic nitrogens is 2. The predicted octanol–water partition coefficient (Wildman–Crippen LogP) is 1.32. The van der Waals surface area contributed by atoms with Gasteiger partial charge in [-0.1, -0.05) is 6.92 Å². The van der Waals surface area contributed by atoms with Crippen LogP contribution >= 0.6 is 0 Å². The van der Waals surface area contributed by atoms with Gasteiger partial charge in [-0.3, -0.25) is 0 Å². The lowest BCUT2D eigenvalue weighted by Crippen LogP contribution is -2.47. The lowest BCUT2D eigenvalue weighted by atomic mass is 10.1. The number of hydrogen-bond donors (Lipinski definition) is 1. The highest BCUT2D eigenvalue weighted by Crippen LogP contribution is 2.21. The molecule has 1 aromatic heterocycles. The number of morpholine rings is 1. The number of hydrogen-bond acceptors (Lipinski definition) is 5. The summed E-state index contributed by atoms with van der Waals surface area (Å²) in [6.07, 6.45) is 1.27. The second kappa shape index (κ2) is 6.30. The van der Waals surface area contributed by atoms with Crippen molar-refractivity contribution in [3.63, 3.8) is 0 Å². The fourth-order valence-electron chi connectivity index (χ4n) is 2.49. The molecule has 2 heterocycles. The summed E-state index contributed by atoms with van der Waals surface area (Å²) in [5.41, 5.74) is 1.06. The summed E-state index contributed by atoms with van der Waals surface area (Å²) in [6, 6.07) is 2.24. The fraction of sp³-hybridized carbons (Fsp3) is 0.714. The van der Waals surface area contributed by atoms with E-state index in [-0.39, 0.29) is 12.1 Å². The normalized spacial score (nSPS) is 21.5. The first kappa shape index (κ1) is 14.2. The molecule has 0 aromatic carbocycles. The highest BCUT2D eigenvalue weighted by Gasteiger charge is 2.25. The molecule has 2 atom stereocenters. The van der Waals surface area contributed by atoms with Gasteiger partial charge in [-0.05, 0) is 26.7 Å². The third-order valence-electron chi connectivity index (χ3n) is 3.37. The van der Waals surface area contributed by atoms with Crippen LogP contribution in [0.2, 0.25) is 0 Å². The second-order valence-corrected chi connectivity index (χ2v) is 5.13. The van der Waals surface area contributed by atoms with Crippen LogP contribution in [0.25, 0.3) is 0 Å². The van der Waals surface area contributed by atoms with Gasteiger partial charge in [-0.25, -0.2) is 9.97 Å². The minimum absolute atomic E-state index is 0.188. The molecule has 2 rings (SSSR count). The number of nitrogens with zero attached hydrogens (tertiary/aromatic N) is 3. The largest absolute Gasteiger partial charge is 0.393 e. The molecule has 0 radical (unpaired) electrons. The predicted molar refractivity (Wildman–Crippen MR) is 74.4 cm³/mol. The van der Waals surface area contributed by atoms with Gasteiger partial charge in [0.25, 0.3) is 0 Å². The molecule has 1 fully saturated rings. The first-order valence-electron chi connectivity index (χ1n) is 6.97. The van der Waals surface area contributed by atoms with Crippen molar-refractivity contribution < 1.29 is 9.84 Å². The minimum Gasteiger partial charge on any atom is -0.393 e. The van der Waals surface area contributed by atoms with Crippen molar-refractivity contribution >= 4 is 5.82 Å². The van der Waals surface area contributed by atoms with Gasteiger partial charge in [0.1, 0.15) is 11.6 Å². The molecule has 0 aliphatic carbocycles. The average Bonchev–Trinajstić information content (AvgIpc) is 2.38. The molecule has 1 aromatic rings. The summed E-state index contributed by atoms with van der Waals surface area (Å²) in [4.78, 5) is 11.2. The van der Waals surface area contributed by atoms with Crippen molar-refractivity contribution in [2.45, 2.75) is 45.8 Å².